The molecule has 92 valence electrons. The zero-order valence-corrected chi connectivity index (χ0v) is 10.1. The zero-order valence-electron chi connectivity index (χ0n) is 10.1. The third-order valence-corrected chi connectivity index (χ3v) is 3.92. The first-order valence-electron chi connectivity index (χ1n) is 6.57. The Morgan fingerprint density at radius 2 is 2.35 bits per heavy atom. The van der Waals surface area contributed by atoms with Crippen LogP contribution < -0.4 is 10.2 Å². The van der Waals surface area contributed by atoms with E-state index in [1.165, 1.54) is 18.4 Å². The van der Waals surface area contributed by atoms with Crippen LogP contribution in [0.5, 0.6) is 0 Å². The molecule has 1 fully saturated rings. The second-order valence-corrected chi connectivity index (χ2v) is 5.18. The summed E-state index contributed by atoms with van der Waals surface area (Å²) in [5.74, 6) is 0.607. The average Bonchev–Trinajstić information content (AvgIpc) is 2.73. The topological polar surface area (TPSA) is 15.3 Å². The molecule has 0 radical (unpaired) electrons. The molecule has 0 amide bonds. The van der Waals surface area contributed by atoms with Crippen molar-refractivity contribution < 1.29 is 4.39 Å². The lowest BCUT2D eigenvalue weighted by Crippen LogP contribution is -2.37. The summed E-state index contributed by atoms with van der Waals surface area (Å²) in [5.41, 5.74) is 2.42. The highest BCUT2D eigenvalue weighted by Gasteiger charge is 2.23. The van der Waals surface area contributed by atoms with Gasteiger partial charge in [0.1, 0.15) is 5.82 Å². The normalized spacial score (nSPS) is 23.8. The lowest BCUT2D eigenvalue weighted by Gasteiger charge is -2.29. The maximum atomic E-state index is 13.3. The van der Waals surface area contributed by atoms with Crippen molar-refractivity contribution in [2.24, 2.45) is 5.92 Å². The molecule has 0 aromatic heterocycles. The summed E-state index contributed by atoms with van der Waals surface area (Å²) >= 11 is 0. The number of hydrogen-bond acceptors (Lipinski definition) is 2. The Morgan fingerprint density at radius 1 is 1.41 bits per heavy atom. The molecule has 0 spiro atoms. The molecule has 1 aromatic carbocycles. The molecule has 0 bridgehead atoms. The van der Waals surface area contributed by atoms with Crippen molar-refractivity contribution >= 4 is 5.69 Å². The number of rotatable bonds is 2. The van der Waals surface area contributed by atoms with Crippen LogP contribution >= 0.6 is 0 Å². The molecule has 0 aliphatic carbocycles. The molecule has 2 aliphatic rings. The standard InChI is InChI=1S/C14H19FN2/c15-13-4-3-12-5-7-17(14(12)8-13)10-11-2-1-6-16-9-11/h3-4,8,11,16H,1-2,5-7,9-10H2. The number of nitrogens with zero attached hydrogens (tertiary/aromatic N) is 1. The van der Waals surface area contributed by atoms with Gasteiger partial charge in [-0.25, -0.2) is 4.39 Å². The van der Waals surface area contributed by atoms with Gasteiger partial charge in [-0.1, -0.05) is 6.07 Å². The third-order valence-electron chi connectivity index (χ3n) is 3.92. The van der Waals surface area contributed by atoms with Crippen molar-refractivity contribution in [3.63, 3.8) is 0 Å². The number of hydrogen-bond donors (Lipinski definition) is 1. The van der Waals surface area contributed by atoms with Crippen molar-refractivity contribution in [1.82, 2.24) is 5.32 Å². The van der Waals surface area contributed by atoms with Crippen LogP contribution in [0.4, 0.5) is 10.1 Å². The van der Waals surface area contributed by atoms with Crippen LogP contribution in [0.15, 0.2) is 18.2 Å². The lowest BCUT2D eigenvalue weighted by atomic mass is 9.99. The van der Waals surface area contributed by atoms with Gasteiger partial charge in [-0.2, -0.15) is 0 Å². The van der Waals surface area contributed by atoms with Crippen LogP contribution in [0.1, 0.15) is 18.4 Å². The molecule has 2 heterocycles. The van der Waals surface area contributed by atoms with E-state index in [0.717, 1.165) is 44.2 Å². The Morgan fingerprint density at radius 3 is 3.18 bits per heavy atom. The Bertz CT molecular complexity index is 399. The number of fused-ring (bicyclic) bond motifs is 1. The molecule has 1 atom stereocenters. The summed E-state index contributed by atoms with van der Waals surface area (Å²) in [7, 11) is 0. The van der Waals surface area contributed by atoms with Crippen LogP contribution in [-0.4, -0.2) is 26.2 Å². The molecule has 3 heteroatoms. The van der Waals surface area contributed by atoms with E-state index in [0.29, 0.717) is 0 Å². The smallest absolute Gasteiger partial charge is 0.125 e. The fraction of sp³-hybridized carbons (Fsp3) is 0.571. The number of anilines is 1. The Hall–Kier alpha value is -1.09. The van der Waals surface area contributed by atoms with Gasteiger partial charge in [0.2, 0.25) is 0 Å². The van der Waals surface area contributed by atoms with Crippen molar-refractivity contribution in [3.8, 4) is 0 Å². The number of nitrogens with one attached hydrogen (secondary N) is 1. The molecular formula is C14H19FN2. The van der Waals surface area contributed by atoms with Gasteiger partial charge in [0, 0.05) is 18.8 Å². The van der Waals surface area contributed by atoms with Gasteiger partial charge < -0.3 is 10.2 Å². The van der Waals surface area contributed by atoms with Gasteiger partial charge in [0.25, 0.3) is 0 Å². The minimum atomic E-state index is -0.114. The maximum Gasteiger partial charge on any atom is 0.125 e. The van der Waals surface area contributed by atoms with Crippen LogP contribution in [-0.2, 0) is 6.42 Å². The molecule has 1 unspecified atom stereocenters. The zero-order chi connectivity index (χ0) is 11.7. The first-order valence-corrected chi connectivity index (χ1v) is 6.57. The Labute approximate surface area is 102 Å². The number of benzene rings is 1. The van der Waals surface area contributed by atoms with E-state index >= 15 is 0 Å². The molecule has 0 saturated carbocycles. The summed E-state index contributed by atoms with van der Waals surface area (Å²) < 4.78 is 13.3. The fourth-order valence-corrected chi connectivity index (χ4v) is 3.00. The van der Waals surface area contributed by atoms with Crippen LogP contribution in [0.2, 0.25) is 0 Å². The van der Waals surface area contributed by atoms with Crippen LogP contribution in [0.25, 0.3) is 0 Å². The molecular weight excluding hydrogens is 215 g/mol. The van der Waals surface area contributed by atoms with Crippen LogP contribution in [0, 0.1) is 11.7 Å². The SMILES string of the molecule is Fc1ccc2c(c1)N(CC1CCCNC1)CC2. The molecule has 1 aromatic rings. The predicted molar refractivity (Wildman–Crippen MR) is 67.9 cm³/mol. The highest BCUT2D eigenvalue weighted by molar-refractivity contribution is 5.58. The highest BCUT2D eigenvalue weighted by Crippen LogP contribution is 2.30. The molecule has 3 rings (SSSR count). The summed E-state index contributed by atoms with van der Waals surface area (Å²) in [6.45, 7) is 4.39. The van der Waals surface area contributed by atoms with E-state index in [-0.39, 0.29) is 5.82 Å². The highest BCUT2D eigenvalue weighted by atomic mass is 19.1. The molecule has 17 heavy (non-hydrogen) atoms. The Kier molecular flexibility index (Phi) is 3.02. The first-order chi connectivity index (χ1) is 8.33. The minimum absolute atomic E-state index is 0.114. The quantitative estimate of drug-likeness (QED) is 0.844. The molecule has 2 aliphatic heterocycles. The van der Waals surface area contributed by atoms with Gasteiger partial charge in [-0.05, 0) is 56.0 Å². The van der Waals surface area contributed by atoms with E-state index in [9.17, 15) is 4.39 Å². The number of halogens is 1. The van der Waals surface area contributed by atoms with Crippen LogP contribution in [0.3, 0.4) is 0 Å². The van der Waals surface area contributed by atoms with Crippen molar-refractivity contribution in [1.29, 1.82) is 0 Å². The molecule has 1 saturated heterocycles. The van der Waals surface area contributed by atoms with E-state index in [4.69, 9.17) is 0 Å². The van der Waals surface area contributed by atoms with E-state index in [1.807, 2.05) is 6.07 Å². The molecule has 1 N–H and O–H groups in total. The van der Waals surface area contributed by atoms with E-state index < -0.39 is 0 Å². The van der Waals surface area contributed by atoms with E-state index in [2.05, 4.69) is 10.2 Å². The minimum Gasteiger partial charge on any atom is -0.371 e. The summed E-state index contributed by atoms with van der Waals surface area (Å²) in [4.78, 5) is 2.36. The van der Waals surface area contributed by atoms with Gasteiger partial charge in [0.05, 0.1) is 0 Å². The fourth-order valence-electron chi connectivity index (χ4n) is 3.00. The second-order valence-electron chi connectivity index (χ2n) is 5.18. The average molecular weight is 234 g/mol. The van der Waals surface area contributed by atoms with Gasteiger partial charge >= 0.3 is 0 Å². The van der Waals surface area contributed by atoms with Crippen molar-refractivity contribution in [3.05, 3.63) is 29.6 Å². The van der Waals surface area contributed by atoms with Gasteiger partial charge in [-0.3, -0.25) is 0 Å². The maximum absolute atomic E-state index is 13.3. The summed E-state index contributed by atoms with van der Waals surface area (Å²) in [6.07, 6.45) is 3.64. The predicted octanol–water partition coefficient (Wildman–Crippen LogP) is 2.19. The van der Waals surface area contributed by atoms with Crippen molar-refractivity contribution in [2.75, 3.05) is 31.1 Å². The second kappa shape index (κ2) is 4.65. The third kappa shape index (κ3) is 2.29. The number of piperidine rings is 1. The largest absolute Gasteiger partial charge is 0.371 e. The van der Waals surface area contributed by atoms with E-state index in [1.54, 1.807) is 12.1 Å². The summed E-state index contributed by atoms with van der Waals surface area (Å²) in [6, 6.07) is 5.20. The molecule has 2 nitrogen and oxygen atoms in total. The lowest BCUT2D eigenvalue weighted by molar-refractivity contribution is 0.378. The Balaban J connectivity index is 1.72. The van der Waals surface area contributed by atoms with Gasteiger partial charge in [0.15, 0.2) is 0 Å². The van der Waals surface area contributed by atoms with Gasteiger partial charge in [-0.15, -0.1) is 0 Å². The first kappa shape index (κ1) is 11.0. The monoisotopic (exact) mass is 234 g/mol. The van der Waals surface area contributed by atoms with Crippen molar-refractivity contribution in [2.45, 2.75) is 19.3 Å². The summed E-state index contributed by atoms with van der Waals surface area (Å²) in [5, 5.41) is 3.44.